The second kappa shape index (κ2) is 6.05. The zero-order valence-electron chi connectivity index (χ0n) is 11.6. The van der Waals surface area contributed by atoms with Gasteiger partial charge in [0.2, 0.25) is 5.91 Å². The van der Waals surface area contributed by atoms with Crippen molar-refractivity contribution in [3.8, 4) is 0 Å². The topological polar surface area (TPSA) is 78.4 Å². The highest BCUT2D eigenvalue weighted by atomic mass is 16.4. The van der Waals surface area contributed by atoms with Crippen LogP contribution in [0.25, 0.3) is 0 Å². The molecule has 0 aliphatic carbocycles. The normalized spacial score (nSPS) is 17.4. The second-order valence-electron chi connectivity index (χ2n) is 5.19. The molecule has 0 unspecified atom stereocenters. The van der Waals surface area contributed by atoms with Crippen LogP contribution in [0.4, 0.5) is 5.69 Å². The maximum absolute atomic E-state index is 12.6. The zero-order valence-corrected chi connectivity index (χ0v) is 11.6. The smallest absolute Gasteiger partial charge is 0.337 e. The monoisotopic (exact) mass is 276 g/mol. The minimum atomic E-state index is -1.03. The number of anilines is 1. The Kier molecular flexibility index (Phi) is 4.39. The zero-order chi connectivity index (χ0) is 14.6. The molecule has 1 aromatic carbocycles. The lowest BCUT2D eigenvalue weighted by Gasteiger charge is -2.35. The molecule has 1 aromatic rings. The summed E-state index contributed by atoms with van der Waals surface area (Å²) < 4.78 is 0. The van der Waals surface area contributed by atoms with E-state index in [-0.39, 0.29) is 11.5 Å². The Morgan fingerprint density at radius 3 is 2.55 bits per heavy atom. The van der Waals surface area contributed by atoms with E-state index >= 15 is 0 Å². The standard InChI is InChI=1S/C15H20N2O3/c1-2-15(7-9-16-10-8-15)14(20)17-12-6-4-3-5-11(12)13(18)19/h3-6,16H,2,7-10H2,1H3,(H,17,20)(H,18,19). The maximum Gasteiger partial charge on any atom is 0.337 e. The van der Waals surface area contributed by atoms with Gasteiger partial charge in [-0.05, 0) is 44.5 Å². The number of carboxylic acid groups (broad SMARTS) is 1. The first-order chi connectivity index (χ1) is 9.59. The molecule has 0 radical (unpaired) electrons. The molecule has 1 aliphatic heterocycles. The number of benzene rings is 1. The van der Waals surface area contributed by atoms with Gasteiger partial charge in [-0.25, -0.2) is 4.79 Å². The van der Waals surface area contributed by atoms with E-state index in [1.807, 2.05) is 6.92 Å². The Hall–Kier alpha value is -1.88. The third kappa shape index (κ3) is 2.82. The van der Waals surface area contributed by atoms with Gasteiger partial charge in [0.05, 0.1) is 16.7 Å². The average molecular weight is 276 g/mol. The number of carbonyl (C=O) groups excluding carboxylic acids is 1. The van der Waals surface area contributed by atoms with Crippen LogP contribution in [0.1, 0.15) is 36.5 Å². The molecule has 1 saturated heterocycles. The number of para-hydroxylation sites is 1. The molecule has 3 N–H and O–H groups in total. The number of carboxylic acids is 1. The number of hydrogen-bond acceptors (Lipinski definition) is 3. The van der Waals surface area contributed by atoms with Crippen LogP contribution in [-0.2, 0) is 4.79 Å². The van der Waals surface area contributed by atoms with Crippen molar-refractivity contribution in [2.24, 2.45) is 5.41 Å². The molecule has 1 amide bonds. The molecule has 0 spiro atoms. The van der Waals surface area contributed by atoms with Crippen LogP contribution in [0, 0.1) is 5.41 Å². The van der Waals surface area contributed by atoms with E-state index in [1.54, 1.807) is 18.2 Å². The van der Waals surface area contributed by atoms with Gasteiger partial charge in [0.15, 0.2) is 0 Å². The molecular weight excluding hydrogens is 256 g/mol. The molecule has 5 nitrogen and oxygen atoms in total. The lowest BCUT2D eigenvalue weighted by atomic mass is 9.76. The highest BCUT2D eigenvalue weighted by Gasteiger charge is 2.38. The van der Waals surface area contributed by atoms with E-state index in [9.17, 15) is 9.59 Å². The van der Waals surface area contributed by atoms with Crippen LogP contribution in [0.15, 0.2) is 24.3 Å². The fraction of sp³-hybridized carbons (Fsp3) is 0.467. The SMILES string of the molecule is CCC1(C(=O)Nc2ccccc2C(=O)O)CCNCC1. The van der Waals surface area contributed by atoms with Gasteiger partial charge in [0.1, 0.15) is 0 Å². The lowest BCUT2D eigenvalue weighted by molar-refractivity contribution is -0.127. The number of piperidine rings is 1. The van der Waals surface area contributed by atoms with Crippen molar-refractivity contribution in [1.82, 2.24) is 5.32 Å². The Balaban J connectivity index is 2.20. The van der Waals surface area contributed by atoms with Crippen molar-refractivity contribution in [3.63, 3.8) is 0 Å². The summed E-state index contributed by atoms with van der Waals surface area (Å²) in [5.74, 6) is -1.10. The molecular formula is C15H20N2O3. The number of amides is 1. The Bertz CT molecular complexity index is 508. The highest BCUT2D eigenvalue weighted by Crippen LogP contribution is 2.34. The largest absolute Gasteiger partial charge is 0.478 e. The number of hydrogen-bond donors (Lipinski definition) is 3. The fourth-order valence-electron chi connectivity index (χ4n) is 2.68. The lowest BCUT2D eigenvalue weighted by Crippen LogP contribution is -2.44. The summed E-state index contributed by atoms with van der Waals surface area (Å²) in [6.07, 6.45) is 2.32. The molecule has 1 aliphatic rings. The molecule has 0 aromatic heterocycles. The Morgan fingerprint density at radius 2 is 1.95 bits per heavy atom. The van der Waals surface area contributed by atoms with Gasteiger partial charge in [0.25, 0.3) is 0 Å². The molecule has 20 heavy (non-hydrogen) atoms. The van der Waals surface area contributed by atoms with Crippen molar-refractivity contribution < 1.29 is 14.7 Å². The van der Waals surface area contributed by atoms with E-state index in [4.69, 9.17) is 5.11 Å². The Labute approximate surface area is 118 Å². The number of nitrogens with one attached hydrogen (secondary N) is 2. The van der Waals surface area contributed by atoms with Crippen molar-refractivity contribution in [2.75, 3.05) is 18.4 Å². The number of carbonyl (C=O) groups is 2. The average Bonchev–Trinajstić information content (AvgIpc) is 2.48. The van der Waals surface area contributed by atoms with E-state index < -0.39 is 11.4 Å². The minimum Gasteiger partial charge on any atom is -0.478 e. The van der Waals surface area contributed by atoms with E-state index in [2.05, 4.69) is 10.6 Å². The summed E-state index contributed by atoms with van der Waals surface area (Å²) in [5.41, 5.74) is 0.106. The van der Waals surface area contributed by atoms with E-state index in [0.717, 1.165) is 32.4 Å². The third-order valence-corrected chi connectivity index (χ3v) is 4.12. The molecule has 1 heterocycles. The molecule has 108 valence electrons. The van der Waals surface area contributed by atoms with Gasteiger partial charge >= 0.3 is 5.97 Å². The number of rotatable bonds is 4. The molecule has 0 saturated carbocycles. The Morgan fingerprint density at radius 1 is 1.30 bits per heavy atom. The van der Waals surface area contributed by atoms with Gasteiger partial charge in [-0.2, -0.15) is 0 Å². The van der Waals surface area contributed by atoms with Crippen molar-refractivity contribution in [2.45, 2.75) is 26.2 Å². The van der Waals surface area contributed by atoms with Crippen LogP contribution < -0.4 is 10.6 Å². The fourth-order valence-corrected chi connectivity index (χ4v) is 2.68. The van der Waals surface area contributed by atoms with E-state index in [0.29, 0.717) is 5.69 Å². The van der Waals surface area contributed by atoms with Gasteiger partial charge < -0.3 is 15.7 Å². The summed E-state index contributed by atoms with van der Waals surface area (Å²) >= 11 is 0. The van der Waals surface area contributed by atoms with Crippen LogP contribution in [0.2, 0.25) is 0 Å². The van der Waals surface area contributed by atoms with Gasteiger partial charge in [0, 0.05) is 0 Å². The first-order valence-electron chi connectivity index (χ1n) is 6.93. The predicted octanol–water partition coefficient (Wildman–Crippen LogP) is 2.10. The first kappa shape index (κ1) is 14.5. The van der Waals surface area contributed by atoms with Crippen LogP contribution >= 0.6 is 0 Å². The third-order valence-electron chi connectivity index (χ3n) is 4.12. The van der Waals surface area contributed by atoms with Gasteiger partial charge in [-0.1, -0.05) is 19.1 Å². The minimum absolute atomic E-state index is 0.0739. The van der Waals surface area contributed by atoms with Gasteiger partial charge in [-0.15, -0.1) is 0 Å². The molecule has 1 fully saturated rings. The van der Waals surface area contributed by atoms with Crippen molar-refractivity contribution >= 4 is 17.6 Å². The number of aromatic carboxylic acids is 1. The van der Waals surface area contributed by atoms with Crippen LogP contribution in [0.3, 0.4) is 0 Å². The summed E-state index contributed by atoms with van der Waals surface area (Å²) in [7, 11) is 0. The van der Waals surface area contributed by atoms with Crippen LogP contribution in [0.5, 0.6) is 0 Å². The molecule has 2 rings (SSSR count). The quantitative estimate of drug-likeness (QED) is 0.787. The predicted molar refractivity (Wildman–Crippen MR) is 76.9 cm³/mol. The molecule has 0 atom stereocenters. The second-order valence-corrected chi connectivity index (χ2v) is 5.19. The summed E-state index contributed by atoms with van der Waals surface area (Å²) in [6, 6.07) is 6.51. The summed E-state index contributed by atoms with van der Waals surface area (Å²) in [6.45, 7) is 3.65. The summed E-state index contributed by atoms with van der Waals surface area (Å²) in [4.78, 5) is 23.7. The van der Waals surface area contributed by atoms with Crippen molar-refractivity contribution in [1.29, 1.82) is 0 Å². The summed E-state index contributed by atoms with van der Waals surface area (Å²) in [5, 5.41) is 15.2. The first-order valence-corrected chi connectivity index (χ1v) is 6.93. The molecule has 0 bridgehead atoms. The molecule has 5 heteroatoms. The maximum atomic E-state index is 12.6. The van der Waals surface area contributed by atoms with Crippen LogP contribution in [-0.4, -0.2) is 30.1 Å². The van der Waals surface area contributed by atoms with Crippen molar-refractivity contribution in [3.05, 3.63) is 29.8 Å². The highest BCUT2D eigenvalue weighted by molar-refractivity contribution is 6.02. The van der Waals surface area contributed by atoms with Gasteiger partial charge in [-0.3, -0.25) is 4.79 Å². The van der Waals surface area contributed by atoms with E-state index in [1.165, 1.54) is 6.07 Å².